The van der Waals surface area contributed by atoms with E-state index >= 15 is 0 Å². The van der Waals surface area contributed by atoms with E-state index in [2.05, 4.69) is 6.07 Å². The fraction of sp³-hybridized carbons (Fsp3) is 0.182. The Bertz CT molecular complexity index is 987. The van der Waals surface area contributed by atoms with Gasteiger partial charge < -0.3 is 19.9 Å². The van der Waals surface area contributed by atoms with Gasteiger partial charge in [0, 0.05) is 5.56 Å². The second kappa shape index (κ2) is 8.31. The summed E-state index contributed by atoms with van der Waals surface area (Å²) in [5.74, 6) is -0.518. The molecule has 6 heteroatoms. The van der Waals surface area contributed by atoms with Gasteiger partial charge in [0.2, 0.25) is 5.88 Å². The fourth-order valence-electron chi connectivity index (χ4n) is 3.17. The highest BCUT2D eigenvalue weighted by molar-refractivity contribution is 5.94. The quantitative estimate of drug-likeness (QED) is 0.803. The largest absolute Gasteiger partial charge is 0.494 e. The van der Waals surface area contributed by atoms with Crippen LogP contribution in [0.4, 0.5) is 0 Å². The van der Waals surface area contributed by atoms with E-state index in [-0.39, 0.29) is 17.0 Å². The van der Waals surface area contributed by atoms with Crippen molar-refractivity contribution in [3.05, 3.63) is 82.8 Å². The molecule has 2 aromatic rings. The zero-order valence-electron chi connectivity index (χ0n) is 15.6. The number of benzene rings is 2. The molecule has 0 radical (unpaired) electrons. The maximum absolute atomic E-state index is 12.5. The standard InChI is InChI=1S/C22H20N2O4/c1-3-27-16-11-7-10-15(12-16)18-17(13-23)20(14-8-5-4-6-9-14)28-21(24)19(18)22(25)26-2/h4-12,18H,3,24H2,1-2H3/t18-/m1/s1. The molecule has 0 spiro atoms. The number of nitrogens with two attached hydrogens (primary N) is 1. The van der Waals surface area contributed by atoms with Crippen LogP contribution in [0.5, 0.6) is 5.75 Å². The highest BCUT2D eigenvalue weighted by atomic mass is 16.5. The molecule has 1 aliphatic heterocycles. The monoisotopic (exact) mass is 376 g/mol. The Morgan fingerprint density at radius 2 is 1.96 bits per heavy atom. The van der Waals surface area contributed by atoms with Gasteiger partial charge in [0.15, 0.2) is 5.76 Å². The number of ether oxygens (including phenoxy) is 3. The van der Waals surface area contributed by atoms with Gasteiger partial charge >= 0.3 is 5.97 Å². The van der Waals surface area contributed by atoms with Gasteiger partial charge in [-0.15, -0.1) is 0 Å². The van der Waals surface area contributed by atoms with Crippen LogP contribution in [0.2, 0.25) is 0 Å². The van der Waals surface area contributed by atoms with E-state index in [0.717, 1.165) is 0 Å². The molecule has 0 fully saturated rings. The summed E-state index contributed by atoms with van der Waals surface area (Å²) in [6.45, 7) is 2.38. The van der Waals surface area contributed by atoms with Crippen LogP contribution in [0.15, 0.2) is 71.6 Å². The van der Waals surface area contributed by atoms with Crippen LogP contribution in [-0.2, 0) is 14.3 Å². The average Bonchev–Trinajstić information content (AvgIpc) is 2.73. The topological polar surface area (TPSA) is 94.6 Å². The first kappa shape index (κ1) is 19.1. The summed E-state index contributed by atoms with van der Waals surface area (Å²) in [5, 5.41) is 9.95. The van der Waals surface area contributed by atoms with Crippen LogP contribution < -0.4 is 10.5 Å². The molecule has 1 atom stereocenters. The van der Waals surface area contributed by atoms with Crippen LogP contribution in [-0.4, -0.2) is 19.7 Å². The van der Waals surface area contributed by atoms with Crippen molar-refractivity contribution >= 4 is 11.7 Å². The van der Waals surface area contributed by atoms with E-state index in [9.17, 15) is 10.1 Å². The van der Waals surface area contributed by atoms with E-state index in [0.29, 0.717) is 29.2 Å². The molecular formula is C22H20N2O4. The van der Waals surface area contributed by atoms with Crippen LogP contribution in [0.25, 0.3) is 5.76 Å². The van der Waals surface area contributed by atoms with Crippen molar-refractivity contribution in [2.45, 2.75) is 12.8 Å². The molecule has 0 bridgehead atoms. The molecule has 0 saturated heterocycles. The molecule has 0 saturated carbocycles. The maximum Gasteiger partial charge on any atom is 0.340 e. The first-order valence-electron chi connectivity index (χ1n) is 8.79. The Morgan fingerprint density at radius 1 is 1.21 bits per heavy atom. The van der Waals surface area contributed by atoms with E-state index in [1.807, 2.05) is 49.4 Å². The molecular weight excluding hydrogens is 356 g/mol. The molecule has 6 nitrogen and oxygen atoms in total. The number of carbonyl (C=O) groups is 1. The molecule has 0 amide bonds. The molecule has 1 aliphatic rings. The maximum atomic E-state index is 12.5. The molecule has 28 heavy (non-hydrogen) atoms. The third-order valence-corrected chi connectivity index (χ3v) is 4.36. The van der Waals surface area contributed by atoms with Crippen LogP contribution in [0, 0.1) is 11.3 Å². The van der Waals surface area contributed by atoms with E-state index in [4.69, 9.17) is 19.9 Å². The number of hydrogen-bond acceptors (Lipinski definition) is 6. The summed E-state index contributed by atoms with van der Waals surface area (Å²) < 4.78 is 16.2. The minimum absolute atomic E-state index is 0.0866. The van der Waals surface area contributed by atoms with Gasteiger partial charge in [-0.25, -0.2) is 4.79 Å². The number of carbonyl (C=O) groups excluding carboxylic acids is 1. The molecule has 0 unspecified atom stereocenters. The highest BCUT2D eigenvalue weighted by Gasteiger charge is 2.37. The Kier molecular flexibility index (Phi) is 5.66. The Morgan fingerprint density at radius 3 is 2.61 bits per heavy atom. The molecule has 1 heterocycles. The lowest BCUT2D eigenvalue weighted by Gasteiger charge is -2.28. The number of hydrogen-bond donors (Lipinski definition) is 1. The predicted molar refractivity (Wildman–Crippen MR) is 104 cm³/mol. The third kappa shape index (κ3) is 3.55. The van der Waals surface area contributed by atoms with Crippen LogP contribution in [0.3, 0.4) is 0 Å². The molecule has 0 aromatic heterocycles. The predicted octanol–water partition coefficient (Wildman–Crippen LogP) is 3.48. The lowest BCUT2D eigenvalue weighted by Crippen LogP contribution is -2.26. The Balaban J connectivity index is 2.23. The second-order valence-corrected chi connectivity index (χ2v) is 6.03. The first-order chi connectivity index (χ1) is 13.6. The minimum Gasteiger partial charge on any atom is -0.494 e. The smallest absolute Gasteiger partial charge is 0.340 e. The average molecular weight is 376 g/mol. The van der Waals surface area contributed by atoms with E-state index in [1.54, 1.807) is 12.1 Å². The van der Waals surface area contributed by atoms with Gasteiger partial charge in [-0.2, -0.15) is 5.26 Å². The summed E-state index contributed by atoms with van der Waals surface area (Å²) in [4.78, 5) is 12.5. The van der Waals surface area contributed by atoms with E-state index in [1.165, 1.54) is 7.11 Å². The number of nitrogens with zero attached hydrogens (tertiary/aromatic N) is 1. The van der Waals surface area contributed by atoms with Gasteiger partial charge in [0.25, 0.3) is 0 Å². The zero-order chi connectivity index (χ0) is 20.1. The normalized spacial score (nSPS) is 16.2. The van der Waals surface area contributed by atoms with Crippen molar-refractivity contribution in [2.24, 2.45) is 5.73 Å². The Hall–Kier alpha value is -3.72. The van der Waals surface area contributed by atoms with Crippen molar-refractivity contribution < 1.29 is 19.0 Å². The summed E-state index contributed by atoms with van der Waals surface area (Å²) in [6, 6.07) is 18.6. The molecule has 142 valence electrons. The van der Waals surface area contributed by atoms with Crippen molar-refractivity contribution in [2.75, 3.05) is 13.7 Å². The number of allylic oxidation sites excluding steroid dienone is 1. The summed E-state index contributed by atoms with van der Waals surface area (Å²) in [7, 11) is 1.26. The molecule has 2 N–H and O–H groups in total. The summed E-state index contributed by atoms with van der Waals surface area (Å²) in [5.41, 5.74) is 7.84. The van der Waals surface area contributed by atoms with Gasteiger partial charge in [-0.1, -0.05) is 42.5 Å². The Labute approximate surface area is 163 Å². The molecule has 2 aromatic carbocycles. The number of methoxy groups -OCH3 is 1. The summed E-state index contributed by atoms with van der Waals surface area (Å²) >= 11 is 0. The van der Waals surface area contributed by atoms with Crippen LogP contribution in [0.1, 0.15) is 24.0 Å². The van der Waals surface area contributed by atoms with E-state index < -0.39 is 11.9 Å². The lowest BCUT2D eigenvalue weighted by atomic mass is 9.82. The zero-order valence-corrected chi connectivity index (χ0v) is 15.6. The lowest BCUT2D eigenvalue weighted by molar-refractivity contribution is -0.136. The third-order valence-electron chi connectivity index (χ3n) is 4.36. The van der Waals surface area contributed by atoms with Crippen molar-refractivity contribution in [1.82, 2.24) is 0 Å². The summed E-state index contributed by atoms with van der Waals surface area (Å²) in [6.07, 6.45) is 0. The van der Waals surface area contributed by atoms with Gasteiger partial charge in [-0.05, 0) is 24.6 Å². The van der Waals surface area contributed by atoms with Gasteiger partial charge in [0.05, 0.1) is 31.3 Å². The van der Waals surface area contributed by atoms with Gasteiger partial charge in [0.1, 0.15) is 11.3 Å². The minimum atomic E-state index is -0.734. The molecule has 3 rings (SSSR count). The van der Waals surface area contributed by atoms with Crippen molar-refractivity contribution in [1.29, 1.82) is 5.26 Å². The van der Waals surface area contributed by atoms with Crippen molar-refractivity contribution in [3.8, 4) is 11.8 Å². The number of nitriles is 1. The number of esters is 1. The first-order valence-corrected chi connectivity index (χ1v) is 8.79. The number of rotatable bonds is 5. The van der Waals surface area contributed by atoms with Crippen LogP contribution >= 0.6 is 0 Å². The molecule has 0 aliphatic carbocycles. The fourth-order valence-corrected chi connectivity index (χ4v) is 3.17. The second-order valence-electron chi connectivity index (χ2n) is 6.03. The van der Waals surface area contributed by atoms with Crippen molar-refractivity contribution in [3.63, 3.8) is 0 Å². The highest BCUT2D eigenvalue weighted by Crippen LogP contribution is 2.43. The van der Waals surface area contributed by atoms with Gasteiger partial charge in [-0.3, -0.25) is 0 Å². The SMILES string of the molecule is CCOc1cccc([C@@H]2C(C#N)=C(c3ccccc3)OC(N)=C2C(=O)OC)c1.